The molecule has 0 unspecified atom stereocenters. The first-order chi connectivity index (χ1) is 13.6. The van der Waals surface area contributed by atoms with E-state index in [1.54, 1.807) is 6.33 Å². The summed E-state index contributed by atoms with van der Waals surface area (Å²) in [6.45, 7) is -0.812. The van der Waals surface area contributed by atoms with Gasteiger partial charge in [-0.05, 0) is 42.3 Å². The minimum absolute atomic E-state index is 0.0325. The Hall–Kier alpha value is -2.94. The smallest absolute Gasteiger partial charge is 0.387 e. The second-order valence-electron chi connectivity index (χ2n) is 5.71. The molecule has 0 saturated heterocycles. The number of anilines is 1. The van der Waals surface area contributed by atoms with E-state index < -0.39 is 6.61 Å². The first-order valence-corrected chi connectivity index (χ1v) is 9.51. The molecule has 1 heterocycles. The Kier molecular flexibility index (Phi) is 6.59. The third-order valence-electron chi connectivity index (χ3n) is 3.84. The van der Waals surface area contributed by atoms with Gasteiger partial charge in [-0.1, -0.05) is 36.9 Å². The fraction of sp³-hybridized carbons (Fsp3) is 0.211. The van der Waals surface area contributed by atoms with E-state index in [0.717, 1.165) is 17.7 Å². The number of thioether (sulfide) groups is 1. The minimum Gasteiger partial charge on any atom is -0.435 e. The van der Waals surface area contributed by atoms with Gasteiger partial charge in [0.2, 0.25) is 5.91 Å². The fourth-order valence-corrected chi connectivity index (χ4v) is 3.30. The highest BCUT2D eigenvalue weighted by Gasteiger charge is 2.12. The number of halogens is 2. The molecule has 1 aromatic heterocycles. The first-order valence-electron chi connectivity index (χ1n) is 8.52. The lowest BCUT2D eigenvalue weighted by molar-refractivity contribution is -0.113. The summed E-state index contributed by atoms with van der Waals surface area (Å²) >= 11 is 1.26. The topological polar surface area (TPSA) is 69.0 Å². The van der Waals surface area contributed by atoms with Gasteiger partial charge in [0.25, 0.3) is 0 Å². The second kappa shape index (κ2) is 9.32. The van der Waals surface area contributed by atoms with Crippen LogP contribution in [0.3, 0.4) is 0 Å². The Morgan fingerprint density at radius 3 is 2.68 bits per heavy atom. The summed E-state index contributed by atoms with van der Waals surface area (Å²) in [5.41, 5.74) is 2.62. The van der Waals surface area contributed by atoms with Crippen LogP contribution in [-0.2, 0) is 11.2 Å². The normalized spacial score (nSPS) is 10.9. The number of rotatable bonds is 8. The van der Waals surface area contributed by atoms with Crippen LogP contribution in [0.5, 0.6) is 5.75 Å². The molecule has 0 spiro atoms. The molecule has 0 fully saturated rings. The van der Waals surface area contributed by atoms with Crippen molar-refractivity contribution < 1.29 is 18.3 Å². The molecule has 0 aliphatic rings. The van der Waals surface area contributed by atoms with Crippen molar-refractivity contribution in [3.63, 3.8) is 0 Å². The lowest BCUT2D eigenvalue weighted by Gasteiger charge is -2.11. The van der Waals surface area contributed by atoms with Crippen LogP contribution in [-0.4, -0.2) is 33.0 Å². The summed E-state index contributed by atoms with van der Waals surface area (Å²) in [7, 11) is 0. The summed E-state index contributed by atoms with van der Waals surface area (Å²) in [6.07, 6.45) is 2.49. The minimum atomic E-state index is -2.88. The van der Waals surface area contributed by atoms with Crippen LogP contribution in [0.4, 0.5) is 14.5 Å². The maximum atomic E-state index is 12.2. The molecule has 0 atom stereocenters. The van der Waals surface area contributed by atoms with Crippen LogP contribution >= 0.6 is 11.8 Å². The Bertz CT molecular complexity index is 932. The molecule has 0 aliphatic heterocycles. The van der Waals surface area contributed by atoms with Crippen molar-refractivity contribution >= 4 is 23.4 Å². The van der Waals surface area contributed by atoms with Gasteiger partial charge in [-0.25, -0.2) is 0 Å². The highest BCUT2D eigenvalue weighted by molar-refractivity contribution is 7.99. The molecule has 0 saturated carbocycles. The van der Waals surface area contributed by atoms with Crippen molar-refractivity contribution in [1.82, 2.24) is 14.8 Å². The highest BCUT2D eigenvalue weighted by atomic mass is 32.2. The number of hydrogen-bond acceptors (Lipinski definition) is 5. The summed E-state index contributed by atoms with van der Waals surface area (Å²) < 4.78 is 30.5. The molecule has 3 aromatic rings. The van der Waals surface area contributed by atoms with Gasteiger partial charge in [-0.15, -0.1) is 10.2 Å². The van der Waals surface area contributed by atoms with E-state index in [9.17, 15) is 13.6 Å². The van der Waals surface area contributed by atoms with Crippen molar-refractivity contribution in [2.45, 2.75) is 25.1 Å². The van der Waals surface area contributed by atoms with Gasteiger partial charge in [0.15, 0.2) is 5.16 Å². The zero-order valence-corrected chi connectivity index (χ0v) is 15.8. The van der Waals surface area contributed by atoms with Crippen LogP contribution in [0, 0.1) is 0 Å². The third kappa shape index (κ3) is 5.07. The Labute approximate surface area is 164 Å². The van der Waals surface area contributed by atoms with Gasteiger partial charge in [-0.2, -0.15) is 8.78 Å². The Morgan fingerprint density at radius 1 is 1.21 bits per heavy atom. The zero-order chi connectivity index (χ0) is 19.9. The molecular formula is C19H18F2N4O2S. The zero-order valence-electron chi connectivity index (χ0n) is 15.0. The van der Waals surface area contributed by atoms with Crippen LogP contribution in [0.2, 0.25) is 0 Å². The van der Waals surface area contributed by atoms with Crippen molar-refractivity contribution in [2.75, 3.05) is 11.1 Å². The van der Waals surface area contributed by atoms with Crippen molar-refractivity contribution in [2.24, 2.45) is 0 Å². The monoisotopic (exact) mass is 404 g/mol. The van der Waals surface area contributed by atoms with E-state index in [2.05, 4.69) is 27.2 Å². The number of carbonyl (C=O) groups is 1. The number of nitrogens with zero attached hydrogens (tertiary/aromatic N) is 3. The number of aryl methyl sites for hydroxylation is 1. The number of alkyl halides is 2. The lowest BCUT2D eigenvalue weighted by atomic mass is 10.1. The van der Waals surface area contributed by atoms with Gasteiger partial charge >= 0.3 is 6.61 Å². The fourth-order valence-electron chi connectivity index (χ4n) is 2.58. The van der Waals surface area contributed by atoms with Crippen LogP contribution in [0.1, 0.15) is 12.5 Å². The molecule has 28 heavy (non-hydrogen) atoms. The second-order valence-corrected chi connectivity index (χ2v) is 6.65. The number of amides is 1. The molecule has 3 rings (SSSR count). The molecule has 2 aromatic carbocycles. The quantitative estimate of drug-likeness (QED) is 0.571. The molecular weight excluding hydrogens is 386 g/mol. The largest absolute Gasteiger partial charge is 0.435 e. The van der Waals surface area contributed by atoms with Gasteiger partial charge in [0.05, 0.1) is 11.4 Å². The molecule has 0 aliphatic carbocycles. The molecule has 1 amide bonds. The van der Waals surface area contributed by atoms with E-state index in [1.165, 1.54) is 36.0 Å². The summed E-state index contributed by atoms with van der Waals surface area (Å²) in [6, 6.07) is 13.7. The first kappa shape index (κ1) is 19.8. The number of aromatic nitrogens is 3. The third-order valence-corrected chi connectivity index (χ3v) is 4.79. The van der Waals surface area contributed by atoms with Gasteiger partial charge < -0.3 is 10.1 Å². The number of carbonyl (C=O) groups excluding carboxylic acids is 1. The SMILES string of the molecule is CCc1ccccc1-n1cnnc1SCC(=O)Nc1ccc(OC(F)F)cc1. The summed E-state index contributed by atoms with van der Waals surface area (Å²) in [5.74, 6) is -0.0849. The molecule has 6 nitrogen and oxygen atoms in total. The Balaban J connectivity index is 1.61. The number of para-hydroxylation sites is 1. The van der Waals surface area contributed by atoms with Crippen LogP contribution in [0.25, 0.3) is 5.69 Å². The van der Waals surface area contributed by atoms with Gasteiger partial charge in [-0.3, -0.25) is 9.36 Å². The van der Waals surface area contributed by atoms with Crippen molar-refractivity contribution in [3.05, 3.63) is 60.4 Å². The number of ether oxygens (including phenoxy) is 1. The molecule has 0 radical (unpaired) electrons. The average molecular weight is 404 g/mol. The molecule has 9 heteroatoms. The predicted molar refractivity (Wildman–Crippen MR) is 103 cm³/mol. The molecule has 0 bridgehead atoms. The van der Waals surface area contributed by atoms with Crippen LogP contribution < -0.4 is 10.1 Å². The maximum Gasteiger partial charge on any atom is 0.387 e. The van der Waals surface area contributed by atoms with Gasteiger partial charge in [0.1, 0.15) is 12.1 Å². The molecule has 146 valence electrons. The van der Waals surface area contributed by atoms with E-state index in [-0.39, 0.29) is 17.4 Å². The predicted octanol–water partition coefficient (Wildman–Crippen LogP) is 4.16. The van der Waals surface area contributed by atoms with Crippen molar-refractivity contribution in [3.8, 4) is 11.4 Å². The summed E-state index contributed by atoms with van der Waals surface area (Å²) in [4.78, 5) is 12.2. The average Bonchev–Trinajstić information content (AvgIpc) is 3.16. The van der Waals surface area contributed by atoms with Gasteiger partial charge in [0, 0.05) is 5.69 Å². The highest BCUT2D eigenvalue weighted by Crippen LogP contribution is 2.23. The molecule has 1 N–H and O–H groups in total. The van der Waals surface area contributed by atoms with E-state index in [0.29, 0.717) is 10.8 Å². The van der Waals surface area contributed by atoms with Crippen LogP contribution in [0.15, 0.2) is 60.0 Å². The van der Waals surface area contributed by atoms with E-state index in [4.69, 9.17) is 0 Å². The number of nitrogens with one attached hydrogen (secondary N) is 1. The standard InChI is InChI=1S/C19H18F2N4O2S/c1-2-13-5-3-4-6-16(13)25-12-22-24-19(25)28-11-17(26)23-14-7-9-15(10-8-14)27-18(20)21/h3-10,12,18H,2,11H2,1H3,(H,23,26). The van der Waals surface area contributed by atoms with E-state index in [1.807, 2.05) is 28.8 Å². The van der Waals surface area contributed by atoms with Crippen molar-refractivity contribution in [1.29, 1.82) is 0 Å². The number of hydrogen-bond donors (Lipinski definition) is 1. The van der Waals surface area contributed by atoms with E-state index >= 15 is 0 Å². The summed E-state index contributed by atoms with van der Waals surface area (Å²) in [5, 5.41) is 11.4. The number of benzene rings is 2. The Morgan fingerprint density at radius 2 is 1.96 bits per heavy atom. The maximum absolute atomic E-state index is 12.2. The lowest BCUT2D eigenvalue weighted by Crippen LogP contribution is -2.14.